The molecule has 0 aromatic heterocycles. The third-order valence-electron chi connectivity index (χ3n) is 4.69. The first-order chi connectivity index (χ1) is 12.6. The molecule has 0 spiro atoms. The van der Waals surface area contributed by atoms with Crippen LogP contribution in [0.4, 0.5) is 0 Å². The van der Waals surface area contributed by atoms with Crippen LogP contribution < -0.4 is 4.74 Å². The highest BCUT2D eigenvalue weighted by Gasteiger charge is 2.19. The molecule has 1 atom stereocenters. The first-order valence-electron chi connectivity index (χ1n) is 9.82. The van der Waals surface area contributed by atoms with E-state index in [2.05, 4.69) is 30.9 Å². The molecule has 1 aromatic rings. The lowest BCUT2D eigenvalue weighted by molar-refractivity contribution is -0.122. The second-order valence-electron chi connectivity index (χ2n) is 7.10. The van der Waals surface area contributed by atoms with E-state index in [-0.39, 0.29) is 6.47 Å². The van der Waals surface area contributed by atoms with Crippen molar-refractivity contribution in [1.29, 1.82) is 0 Å². The highest BCUT2D eigenvalue weighted by Crippen LogP contribution is 2.26. The second-order valence-corrected chi connectivity index (χ2v) is 7.51. The number of carboxylic acid groups (broad SMARTS) is 1. The van der Waals surface area contributed by atoms with Gasteiger partial charge >= 0.3 is 0 Å². The van der Waals surface area contributed by atoms with Crippen molar-refractivity contribution in [3.8, 4) is 5.75 Å². The van der Waals surface area contributed by atoms with Gasteiger partial charge in [-0.2, -0.15) is 0 Å². The number of benzene rings is 1. The van der Waals surface area contributed by atoms with Crippen molar-refractivity contribution in [3.63, 3.8) is 0 Å². The third kappa shape index (κ3) is 9.44. The Hall–Kier alpha value is -1.26. The summed E-state index contributed by atoms with van der Waals surface area (Å²) in [6.07, 6.45) is 9.04. The molecule has 0 radical (unpaired) electrons. The van der Waals surface area contributed by atoms with E-state index in [1.54, 1.807) is 0 Å². The number of nitrogens with zero attached hydrogens (tertiary/aromatic N) is 1. The lowest BCUT2D eigenvalue weighted by Gasteiger charge is -2.17. The third-order valence-corrected chi connectivity index (χ3v) is 5.04. The van der Waals surface area contributed by atoms with Crippen LogP contribution >= 0.6 is 11.6 Å². The van der Waals surface area contributed by atoms with E-state index in [1.165, 1.54) is 57.2 Å². The molecule has 1 N–H and O–H groups in total. The second kappa shape index (κ2) is 13.9. The standard InChI is InChI=1S/C20H32ClNO.CH2O2/c1-3-4-5-6-7-8-13-23-19-10-9-18(20(21)14-19)16-22-12-11-17(2)15-22;2-1-3/h9-10,14,17H,3-8,11-13,15-16H2,1-2H3;1H,(H,2,3). The molecule has 1 heterocycles. The van der Waals surface area contributed by atoms with Gasteiger partial charge in [-0.15, -0.1) is 0 Å². The quantitative estimate of drug-likeness (QED) is 0.420. The fourth-order valence-corrected chi connectivity index (χ4v) is 3.46. The monoisotopic (exact) mass is 383 g/mol. The van der Waals surface area contributed by atoms with Crippen molar-refractivity contribution in [1.82, 2.24) is 4.90 Å². The number of rotatable bonds is 10. The summed E-state index contributed by atoms with van der Waals surface area (Å²) in [4.78, 5) is 10.8. The van der Waals surface area contributed by atoms with Crippen molar-refractivity contribution in [2.75, 3.05) is 19.7 Å². The lowest BCUT2D eigenvalue weighted by Crippen LogP contribution is -2.19. The minimum Gasteiger partial charge on any atom is -0.494 e. The van der Waals surface area contributed by atoms with E-state index >= 15 is 0 Å². The molecule has 148 valence electrons. The molecule has 1 aliphatic rings. The minimum absolute atomic E-state index is 0.250. The summed E-state index contributed by atoms with van der Waals surface area (Å²) in [7, 11) is 0. The Balaban J connectivity index is 0.00000105. The van der Waals surface area contributed by atoms with Crippen molar-refractivity contribution in [2.24, 2.45) is 5.92 Å². The predicted molar refractivity (Wildman–Crippen MR) is 108 cm³/mol. The predicted octanol–water partition coefficient (Wildman–Crippen LogP) is 5.62. The van der Waals surface area contributed by atoms with Gasteiger partial charge < -0.3 is 9.84 Å². The van der Waals surface area contributed by atoms with E-state index in [0.717, 1.165) is 36.3 Å². The van der Waals surface area contributed by atoms with Crippen LogP contribution in [-0.2, 0) is 11.3 Å². The van der Waals surface area contributed by atoms with Crippen molar-refractivity contribution in [3.05, 3.63) is 28.8 Å². The Morgan fingerprint density at radius 3 is 2.58 bits per heavy atom. The average molecular weight is 384 g/mol. The first kappa shape index (κ1) is 22.8. The zero-order chi connectivity index (χ0) is 19.2. The van der Waals surface area contributed by atoms with Crippen molar-refractivity contribution < 1.29 is 14.6 Å². The molecular formula is C21H34ClNO3. The Labute approximate surface area is 163 Å². The van der Waals surface area contributed by atoms with E-state index < -0.39 is 0 Å². The molecule has 0 aliphatic carbocycles. The molecule has 1 aliphatic heterocycles. The molecule has 0 amide bonds. The maximum absolute atomic E-state index is 8.36. The molecule has 1 aromatic carbocycles. The minimum atomic E-state index is -0.250. The Bertz CT molecular complexity index is 510. The lowest BCUT2D eigenvalue weighted by atomic mass is 10.1. The summed E-state index contributed by atoms with van der Waals surface area (Å²) in [5.41, 5.74) is 1.22. The summed E-state index contributed by atoms with van der Waals surface area (Å²) in [5.74, 6) is 1.72. The SMILES string of the molecule is CCCCCCCCOc1ccc(CN2CCC(C)C2)c(Cl)c1.O=CO. The molecule has 5 heteroatoms. The van der Waals surface area contributed by atoms with Gasteiger partial charge in [-0.3, -0.25) is 9.69 Å². The molecule has 1 fully saturated rings. The summed E-state index contributed by atoms with van der Waals surface area (Å²) in [6.45, 7) is 8.45. The van der Waals surface area contributed by atoms with Crippen LogP contribution in [-0.4, -0.2) is 36.2 Å². The number of unbranched alkanes of at least 4 members (excludes halogenated alkanes) is 5. The fraction of sp³-hybridized carbons (Fsp3) is 0.667. The van der Waals surface area contributed by atoms with Crippen LogP contribution in [0.3, 0.4) is 0 Å². The molecule has 0 saturated carbocycles. The molecule has 26 heavy (non-hydrogen) atoms. The van der Waals surface area contributed by atoms with Gasteiger partial charge in [0.05, 0.1) is 6.61 Å². The van der Waals surface area contributed by atoms with Crippen molar-refractivity contribution in [2.45, 2.75) is 65.3 Å². The summed E-state index contributed by atoms with van der Waals surface area (Å²) >= 11 is 6.43. The molecule has 1 unspecified atom stereocenters. The van der Waals surface area contributed by atoms with Crippen LogP contribution in [0.5, 0.6) is 5.75 Å². The fourth-order valence-electron chi connectivity index (χ4n) is 3.23. The largest absolute Gasteiger partial charge is 0.494 e. The average Bonchev–Trinajstić information content (AvgIpc) is 3.02. The van der Waals surface area contributed by atoms with Gasteiger partial charge in [0.25, 0.3) is 6.47 Å². The highest BCUT2D eigenvalue weighted by molar-refractivity contribution is 6.31. The molecule has 2 rings (SSSR count). The molecule has 1 saturated heterocycles. The zero-order valence-corrected chi connectivity index (χ0v) is 17.0. The van der Waals surface area contributed by atoms with Crippen LogP contribution in [0.15, 0.2) is 18.2 Å². The number of hydrogen-bond acceptors (Lipinski definition) is 3. The normalized spacial score (nSPS) is 16.8. The number of carbonyl (C=O) groups is 1. The summed E-state index contributed by atoms with van der Waals surface area (Å²) < 4.78 is 5.84. The summed E-state index contributed by atoms with van der Waals surface area (Å²) in [6, 6.07) is 6.17. The van der Waals surface area contributed by atoms with E-state index in [9.17, 15) is 0 Å². The van der Waals surface area contributed by atoms with E-state index in [1.807, 2.05) is 6.07 Å². The molecular weight excluding hydrogens is 350 g/mol. The first-order valence-corrected chi connectivity index (χ1v) is 10.2. The van der Waals surface area contributed by atoms with Gasteiger partial charge in [0.15, 0.2) is 0 Å². The maximum Gasteiger partial charge on any atom is 0.290 e. The number of ether oxygens (including phenoxy) is 1. The Morgan fingerprint density at radius 2 is 1.96 bits per heavy atom. The van der Waals surface area contributed by atoms with Gasteiger partial charge in [0.2, 0.25) is 0 Å². The number of halogens is 1. The maximum atomic E-state index is 8.36. The van der Waals surface area contributed by atoms with Crippen LogP contribution in [0.1, 0.15) is 64.4 Å². The Kier molecular flexibility index (Phi) is 12.2. The van der Waals surface area contributed by atoms with Gasteiger partial charge in [-0.25, -0.2) is 0 Å². The van der Waals surface area contributed by atoms with Gasteiger partial charge in [0.1, 0.15) is 5.75 Å². The highest BCUT2D eigenvalue weighted by atomic mass is 35.5. The Morgan fingerprint density at radius 1 is 1.27 bits per heavy atom. The van der Waals surface area contributed by atoms with Gasteiger partial charge in [0, 0.05) is 18.1 Å². The molecule has 4 nitrogen and oxygen atoms in total. The smallest absolute Gasteiger partial charge is 0.290 e. The zero-order valence-electron chi connectivity index (χ0n) is 16.3. The van der Waals surface area contributed by atoms with Crippen LogP contribution in [0, 0.1) is 5.92 Å². The molecule has 0 bridgehead atoms. The van der Waals surface area contributed by atoms with E-state index in [0.29, 0.717) is 0 Å². The van der Waals surface area contributed by atoms with Crippen LogP contribution in [0.25, 0.3) is 0 Å². The van der Waals surface area contributed by atoms with Gasteiger partial charge in [-0.05, 0) is 43.0 Å². The number of likely N-dealkylation sites (tertiary alicyclic amines) is 1. The number of hydrogen-bond donors (Lipinski definition) is 1. The summed E-state index contributed by atoms with van der Waals surface area (Å²) in [5, 5.41) is 7.73. The topological polar surface area (TPSA) is 49.8 Å². The van der Waals surface area contributed by atoms with Crippen molar-refractivity contribution >= 4 is 18.1 Å². The van der Waals surface area contributed by atoms with Gasteiger partial charge in [-0.1, -0.05) is 63.6 Å². The van der Waals surface area contributed by atoms with E-state index in [4.69, 9.17) is 26.2 Å². The van der Waals surface area contributed by atoms with Crippen LogP contribution in [0.2, 0.25) is 5.02 Å².